The summed E-state index contributed by atoms with van der Waals surface area (Å²) < 4.78 is 38.7. The number of imide groups is 1. The summed E-state index contributed by atoms with van der Waals surface area (Å²) in [6.07, 6.45) is -4.24. The Bertz CT molecular complexity index is 683. The molecule has 0 atom stereocenters. The Morgan fingerprint density at radius 2 is 1.67 bits per heavy atom. The van der Waals surface area contributed by atoms with Crippen LogP contribution in [0.25, 0.3) is 0 Å². The highest BCUT2D eigenvalue weighted by molar-refractivity contribution is 6.02. The molecular weight excluding hydrogens is 327 g/mol. The molecule has 4 amide bonds. The molecule has 2 aliphatic heterocycles. The summed E-state index contributed by atoms with van der Waals surface area (Å²) in [6.45, 7) is 0.245. The van der Waals surface area contributed by atoms with E-state index in [0.717, 1.165) is 11.0 Å². The summed E-state index contributed by atoms with van der Waals surface area (Å²) in [6, 6.07) is 3.61. The molecule has 6 nitrogen and oxygen atoms in total. The number of hydrogen-bond acceptors (Lipinski definition) is 3. The second-order valence-corrected chi connectivity index (χ2v) is 5.69. The molecule has 0 radical (unpaired) electrons. The first-order valence-electron chi connectivity index (χ1n) is 7.34. The van der Waals surface area contributed by atoms with Crippen molar-refractivity contribution in [2.24, 2.45) is 0 Å². The van der Waals surface area contributed by atoms with Gasteiger partial charge in [-0.2, -0.15) is 13.2 Å². The molecule has 9 heteroatoms. The van der Waals surface area contributed by atoms with Crippen LogP contribution < -0.4 is 5.32 Å². The van der Waals surface area contributed by atoms with Crippen LogP contribution in [0.4, 0.5) is 23.7 Å². The van der Waals surface area contributed by atoms with Gasteiger partial charge in [0.05, 0.1) is 17.3 Å². The number of alkyl halides is 3. The fraction of sp³-hybridized carbons (Fsp3) is 0.400. The predicted molar refractivity (Wildman–Crippen MR) is 76.9 cm³/mol. The number of para-hydroxylation sites is 1. The summed E-state index contributed by atoms with van der Waals surface area (Å²) >= 11 is 0. The van der Waals surface area contributed by atoms with Crippen molar-refractivity contribution in [1.29, 1.82) is 0 Å². The van der Waals surface area contributed by atoms with E-state index < -0.39 is 23.8 Å². The van der Waals surface area contributed by atoms with Gasteiger partial charge in [0.1, 0.15) is 0 Å². The van der Waals surface area contributed by atoms with E-state index in [0.29, 0.717) is 0 Å². The Kier molecular flexibility index (Phi) is 3.94. The van der Waals surface area contributed by atoms with Gasteiger partial charge in [0.25, 0.3) is 0 Å². The molecule has 3 rings (SSSR count). The second kappa shape index (κ2) is 5.81. The quantitative estimate of drug-likeness (QED) is 0.837. The Morgan fingerprint density at radius 3 is 2.25 bits per heavy atom. The van der Waals surface area contributed by atoms with E-state index in [1.807, 2.05) is 0 Å². The van der Waals surface area contributed by atoms with Crippen LogP contribution in [0.3, 0.4) is 0 Å². The van der Waals surface area contributed by atoms with Crippen LogP contribution in [0, 0.1) is 0 Å². The fourth-order valence-corrected chi connectivity index (χ4v) is 2.82. The van der Waals surface area contributed by atoms with Gasteiger partial charge >= 0.3 is 12.2 Å². The first-order chi connectivity index (χ1) is 11.3. The minimum Gasteiger partial charge on any atom is -0.320 e. The number of nitrogens with zero attached hydrogens (tertiary/aromatic N) is 2. The van der Waals surface area contributed by atoms with E-state index in [2.05, 4.69) is 5.32 Å². The third-order valence-electron chi connectivity index (χ3n) is 4.08. The molecule has 0 saturated carbocycles. The second-order valence-electron chi connectivity index (χ2n) is 5.69. The van der Waals surface area contributed by atoms with Gasteiger partial charge in [-0.05, 0) is 12.1 Å². The standard InChI is InChI=1S/C15H14F3N3O3/c16-15(17,18)10-3-1-2-4-11(10)19-14(24)20-7-9(8-20)21-12(22)5-6-13(21)23/h1-4,9H,5-8H2,(H,19,24). The molecular formula is C15H14F3N3O3. The number of halogens is 3. The highest BCUT2D eigenvalue weighted by atomic mass is 19.4. The summed E-state index contributed by atoms with van der Waals surface area (Å²) in [5.41, 5.74) is -1.26. The number of hydrogen-bond donors (Lipinski definition) is 1. The number of benzene rings is 1. The highest BCUT2D eigenvalue weighted by Gasteiger charge is 2.43. The van der Waals surface area contributed by atoms with Crippen LogP contribution in [-0.4, -0.2) is 46.8 Å². The van der Waals surface area contributed by atoms with Crippen LogP contribution in [0.1, 0.15) is 18.4 Å². The van der Waals surface area contributed by atoms with Crippen LogP contribution in [0.5, 0.6) is 0 Å². The van der Waals surface area contributed by atoms with Gasteiger partial charge in [0, 0.05) is 25.9 Å². The van der Waals surface area contributed by atoms with Gasteiger partial charge in [-0.1, -0.05) is 12.1 Å². The number of anilines is 1. The first kappa shape index (κ1) is 16.3. The summed E-state index contributed by atoms with van der Waals surface area (Å²) in [7, 11) is 0. The van der Waals surface area contributed by atoms with Crippen LogP contribution in [0.15, 0.2) is 24.3 Å². The van der Waals surface area contributed by atoms with Crippen molar-refractivity contribution < 1.29 is 27.6 Å². The zero-order valence-corrected chi connectivity index (χ0v) is 12.5. The van der Waals surface area contributed by atoms with Gasteiger partial charge in [0.15, 0.2) is 0 Å². The van der Waals surface area contributed by atoms with E-state index >= 15 is 0 Å². The average molecular weight is 341 g/mol. The van der Waals surface area contributed by atoms with Crippen LogP contribution >= 0.6 is 0 Å². The molecule has 0 aromatic heterocycles. The monoisotopic (exact) mass is 341 g/mol. The van der Waals surface area contributed by atoms with E-state index in [4.69, 9.17) is 0 Å². The number of carbonyl (C=O) groups is 3. The molecule has 2 heterocycles. The van der Waals surface area contributed by atoms with Gasteiger partial charge in [-0.15, -0.1) is 0 Å². The van der Waals surface area contributed by atoms with Crippen LogP contribution in [0.2, 0.25) is 0 Å². The molecule has 0 aliphatic carbocycles. The number of likely N-dealkylation sites (tertiary alicyclic amines) is 2. The molecule has 2 aliphatic rings. The van der Waals surface area contributed by atoms with E-state index in [1.165, 1.54) is 23.1 Å². The van der Waals surface area contributed by atoms with Gasteiger partial charge in [0.2, 0.25) is 11.8 Å². The van der Waals surface area contributed by atoms with Crippen molar-refractivity contribution >= 4 is 23.5 Å². The zero-order chi connectivity index (χ0) is 17.5. The number of amides is 4. The van der Waals surface area contributed by atoms with Gasteiger partial charge in [-0.3, -0.25) is 14.5 Å². The highest BCUT2D eigenvalue weighted by Crippen LogP contribution is 2.35. The molecule has 128 valence electrons. The summed E-state index contributed by atoms with van der Waals surface area (Å²) in [5, 5.41) is 2.23. The van der Waals surface area contributed by atoms with Crippen LogP contribution in [-0.2, 0) is 15.8 Å². The molecule has 1 N–H and O–H groups in total. The number of urea groups is 1. The Balaban J connectivity index is 1.62. The number of carbonyl (C=O) groups excluding carboxylic acids is 3. The largest absolute Gasteiger partial charge is 0.418 e. The van der Waals surface area contributed by atoms with Gasteiger partial charge < -0.3 is 10.2 Å². The molecule has 1 aromatic carbocycles. The summed E-state index contributed by atoms with van der Waals surface area (Å²) in [5.74, 6) is -0.542. The maximum Gasteiger partial charge on any atom is 0.418 e. The first-order valence-corrected chi connectivity index (χ1v) is 7.34. The van der Waals surface area contributed by atoms with Crippen molar-refractivity contribution in [2.45, 2.75) is 25.1 Å². The maximum atomic E-state index is 12.9. The molecule has 0 bridgehead atoms. The van der Waals surface area contributed by atoms with E-state index in [1.54, 1.807) is 0 Å². The Morgan fingerprint density at radius 1 is 1.08 bits per heavy atom. The minimum atomic E-state index is -4.57. The molecule has 2 fully saturated rings. The fourth-order valence-electron chi connectivity index (χ4n) is 2.82. The average Bonchev–Trinajstić information content (AvgIpc) is 2.77. The molecule has 24 heavy (non-hydrogen) atoms. The normalized spacial score (nSPS) is 18.8. The molecule has 1 aromatic rings. The van der Waals surface area contributed by atoms with Crippen molar-refractivity contribution in [1.82, 2.24) is 9.80 Å². The molecule has 2 saturated heterocycles. The maximum absolute atomic E-state index is 12.9. The number of nitrogens with one attached hydrogen (secondary N) is 1. The minimum absolute atomic E-state index is 0.123. The third kappa shape index (κ3) is 2.93. The summed E-state index contributed by atoms with van der Waals surface area (Å²) in [4.78, 5) is 37.7. The van der Waals surface area contributed by atoms with Crippen molar-refractivity contribution in [3.05, 3.63) is 29.8 Å². The lowest BCUT2D eigenvalue weighted by molar-refractivity contribution is -0.144. The van der Waals surface area contributed by atoms with Crippen molar-refractivity contribution in [3.63, 3.8) is 0 Å². The zero-order valence-electron chi connectivity index (χ0n) is 12.5. The van der Waals surface area contributed by atoms with Crippen molar-refractivity contribution in [3.8, 4) is 0 Å². The van der Waals surface area contributed by atoms with E-state index in [-0.39, 0.29) is 43.4 Å². The molecule has 0 spiro atoms. The molecule has 0 unspecified atom stereocenters. The van der Waals surface area contributed by atoms with Gasteiger partial charge in [-0.25, -0.2) is 4.79 Å². The Labute approximate surface area is 135 Å². The topological polar surface area (TPSA) is 69.7 Å². The number of rotatable bonds is 2. The Hall–Kier alpha value is -2.58. The SMILES string of the molecule is O=C(Nc1ccccc1C(F)(F)F)N1CC(N2C(=O)CCC2=O)C1. The smallest absolute Gasteiger partial charge is 0.320 e. The lowest BCUT2D eigenvalue weighted by atomic mass is 10.1. The predicted octanol–water partition coefficient (Wildman–Crippen LogP) is 2.07. The van der Waals surface area contributed by atoms with E-state index in [9.17, 15) is 27.6 Å². The lowest BCUT2D eigenvalue weighted by Crippen LogP contribution is -2.63. The lowest BCUT2D eigenvalue weighted by Gasteiger charge is -2.42. The van der Waals surface area contributed by atoms with Crippen molar-refractivity contribution in [2.75, 3.05) is 18.4 Å². The third-order valence-corrected chi connectivity index (χ3v) is 4.08.